The highest BCUT2D eigenvalue weighted by Crippen LogP contribution is 2.21. The van der Waals surface area contributed by atoms with Crippen LogP contribution in [0.1, 0.15) is 43.5 Å². The number of carbonyl (C=O) groups excluding carboxylic acids is 1. The number of fused-ring (bicyclic) bond motifs is 1. The van der Waals surface area contributed by atoms with E-state index in [0.717, 1.165) is 48.5 Å². The fraction of sp³-hybridized carbons (Fsp3) is 0.565. The third-order valence-corrected chi connectivity index (χ3v) is 6.33. The van der Waals surface area contributed by atoms with Crippen LogP contribution in [0.2, 0.25) is 0 Å². The average Bonchev–Trinajstić information content (AvgIpc) is 3.42. The molecule has 0 unspecified atom stereocenters. The Balaban J connectivity index is 1.54. The minimum atomic E-state index is -0.534. The van der Waals surface area contributed by atoms with Gasteiger partial charge in [0.25, 0.3) is 5.91 Å². The van der Waals surface area contributed by atoms with Crippen LogP contribution in [0.15, 0.2) is 24.3 Å². The van der Waals surface area contributed by atoms with Gasteiger partial charge in [0, 0.05) is 32.1 Å². The van der Waals surface area contributed by atoms with E-state index in [0.29, 0.717) is 0 Å². The number of carbonyl (C=O) groups is 1. The molecule has 0 aliphatic carbocycles. The molecule has 1 amide bonds. The average molecular weight is 412 g/mol. The van der Waals surface area contributed by atoms with E-state index in [9.17, 15) is 4.79 Å². The Morgan fingerprint density at radius 2 is 1.70 bits per heavy atom. The maximum atomic E-state index is 11.3. The summed E-state index contributed by atoms with van der Waals surface area (Å²) in [6, 6.07) is 6.13. The van der Waals surface area contributed by atoms with Crippen molar-refractivity contribution in [3.8, 4) is 0 Å². The summed E-state index contributed by atoms with van der Waals surface area (Å²) < 4.78 is 2.39. The summed E-state index contributed by atoms with van der Waals surface area (Å²) in [6.07, 6.45) is 10.6. The van der Waals surface area contributed by atoms with E-state index < -0.39 is 5.91 Å². The van der Waals surface area contributed by atoms with Gasteiger partial charge in [0.1, 0.15) is 5.82 Å². The van der Waals surface area contributed by atoms with Crippen LogP contribution < -0.4 is 5.48 Å². The third-order valence-electron chi connectivity index (χ3n) is 6.33. The molecule has 1 aromatic heterocycles. The molecule has 0 radical (unpaired) electrons. The van der Waals surface area contributed by atoms with Gasteiger partial charge in [-0.25, -0.2) is 10.5 Å². The monoisotopic (exact) mass is 411 g/mol. The molecule has 7 nitrogen and oxygen atoms in total. The summed E-state index contributed by atoms with van der Waals surface area (Å²) in [5.74, 6) is 0.623. The highest BCUT2D eigenvalue weighted by atomic mass is 16.5. The zero-order valence-electron chi connectivity index (χ0n) is 17.7. The number of imidazole rings is 1. The van der Waals surface area contributed by atoms with Gasteiger partial charge in [-0.1, -0.05) is 12.5 Å². The Morgan fingerprint density at radius 1 is 1.00 bits per heavy atom. The molecule has 7 heteroatoms. The lowest BCUT2D eigenvalue weighted by Gasteiger charge is -2.26. The van der Waals surface area contributed by atoms with Crippen LogP contribution in [0, 0.1) is 0 Å². The van der Waals surface area contributed by atoms with Crippen molar-refractivity contribution in [3.05, 3.63) is 35.7 Å². The standard InChI is InChI=1S/C23H33N5O2/c29-23(25-30)9-7-19-6-8-21-20(18-19)24-22(10-15-26-11-2-1-3-12-26)28(21)17-16-27-13-4-5-14-27/h6-9,18,30H,1-5,10-17H2,(H,25,29)/b9-7+. The lowest BCUT2D eigenvalue weighted by Crippen LogP contribution is -2.32. The maximum Gasteiger partial charge on any atom is 0.267 e. The highest BCUT2D eigenvalue weighted by Gasteiger charge is 2.17. The van der Waals surface area contributed by atoms with Gasteiger partial charge in [-0.2, -0.15) is 0 Å². The maximum absolute atomic E-state index is 11.3. The number of nitrogens with zero attached hydrogens (tertiary/aromatic N) is 4. The fourth-order valence-corrected chi connectivity index (χ4v) is 4.64. The summed E-state index contributed by atoms with van der Waals surface area (Å²) in [5, 5.41) is 8.67. The van der Waals surface area contributed by atoms with E-state index in [-0.39, 0.29) is 0 Å². The van der Waals surface area contributed by atoms with E-state index in [1.54, 1.807) is 11.6 Å². The lowest BCUT2D eigenvalue weighted by molar-refractivity contribution is -0.124. The van der Waals surface area contributed by atoms with Crippen molar-refractivity contribution in [1.82, 2.24) is 24.8 Å². The molecule has 162 valence electrons. The van der Waals surface area contributed by atoms with Crippen LogP contribution in [-0.4, -0.2) is 69.7 Å². The largest absolute Gasteiger partial charge is 0.327 e. The summed E-state index contributed by atoms with van der Waals surface area (Å²) in [4.78, 5) is 21.4. The predicted octanol–water partition coefficient (Wildman–Crippen LogP) is 2.68. The molecule has 4 rings (SSSR count). The van der Waals surface area contributed by atoms with Crippen LogP contribution in [0.25, 0.3) is 17.1 Å². The molecule has 1 aromatic carbocycles. The van der Waals surface area contributed by atoms with E-state index in [1.165, 1.54) is 64.4 Å². The Bertz CT molecular complexity index is 879. The quantitative estimate of drug-likeness (QED) is 0.397. The number of hydroxylamine groups is 1. The van der Waals surface area contributed by atoms with Gasteiger partial charge in [0.2, 0.25) is 0 Å². The molecule has 2 saturated heterocycles. The van der Waals surface area contributed by atoms with Gasteiger partial charge in [0.05, 0.1) is 11.0 Å². The van der Waals surface area contributed by atoms with E-state index in [2.05, 4.69) is 20.4 Å². The van der Waals surface area contributed by atoms with Gasteiger partial charge in [-0.15, -0.1) is 0 Å². The Morgan fingerprint density at radius 3 is 2.43 bits per heavy atom. The van der Waals surface area contributed by atoms with Crippen molar-refractivity contribution in [3.63, 3.8) is 0 Å². The molecule has 0 saturated carbocycles. The Labute approximate surface area is 178 Å². The zero-order chi connectivity index (χ0) is 20.8. The summed E-state index contributed by atoms with van der Waals surface area (Å²) in [6.45, 7) is 7.92. The van der Waals surface area contributed by atoms with E-state index in [4.69, 9.17) is 10.2 Å². The van der Waals surface area contributed by atoms with Crippen LogP contribution in [0.3, 0.4) is 0 Å². The first kappa shape index (κ1) is 21.0. The molecule has 2 fully saturated rings. The second-order valence-corrected chi connectivity index (χ2v) is 8.44. The fourth-order valence-electron chi connectivity index (χ4n) is 4.64. The molecule has 2 aliphatic heterocycles. The second-order valence-electron chi connectivity index (χ2n) is 8.44. The molecule has 2 N–H and O–H groups in total. The molecule has 30 heavy (non-hydrogen) atoms. The van der Waals surface area contributed by atoms with Crippen molar-refractivity contribution in [1.29, 1.82) is 0 Å². The van der Waals surface area contributed by atoms with Gasteiger partial charge in [0.15, 0.2) is 0 Å². The molecule has 0 spiro atoms. The summed E-state index contributed by atoms with van der Waals surface area (Å²) in [5.41, 5.74) is 4.65. The lowest BCUT2D eigenvalue weighted by atomic mass is 10.1. The highest BCUT2D eigenvalue weighted by molar-refractivity contribution is 5.91. The van der Waals surface area contributed by atoms with Crippen LogP contribution in [0.4, 0.5) is 0 Å². The molecule has 3 heterocycles. The first-order valence-corrected chi connectivity index (χ1v) is 11.3. The summed E-state index contributed by atoms with van der Waals surface area (Å²) >= 11 is 0. The van der Waals surface area contributed by atoms with Crippen LogP contribution >= 0.6 is 0 Å². The molecule has 2 aromatic rings. The SMILES string of the molecule is O=C(/C=C/c1ccc2c(c1)nc(CCN1CCCCC1)n2CCN1CCCC1)NO. The zero-order valence-corrected chi connectivity index (χ0v) is 17.7. The number of hydrogen-bond acceptors (Lipinski definition) is 5. The van der Waals surface area contributed by atoms with E-state index >= 15 is 0 Å². The van der Waals surface area contributed by atoms with Gasteiger partial charge >= 0.3 is 0 Å². The van der Waals surface area contributed by atoms with Gasteiger partial charge in [-0.3, -0.25) is 10.0 Å². The molecule has 0 atom stereocenters. The molecule has 0 bridgehead atoms. The number of likely N-dealkylation sites (tertiary alicyclic amines) is 2. The number of amides is 1. The number of nitrogens with one attached hydrogen (secondary N) is 1. The van der Waals surface area contributed by atoms with Gasteiger partial charge in [-0.05, 0) is 75.6 Å². The minimum absolute atomic E-state index is 0.534. The first-order valence-electron chi connectivity index (χ1n) is 11.3. The smallest absolute Gasteiger partial charge is 0.267 e. The number of piperidine rings is 1. The predicted molar refractivity (Wildman–Crippen MR) is 118 cm³/mol. The van der Waals surface area contributed by atoms with Crippen molar-refractivity contribution in [2.24, 2.45) is 0 Å². The van der Waals surface area contributed by atoms with Crippen molar-refractivity contribution in [2.75, 3.05) is 39.3 Å². The Kier molecular flexibility index (Phi) is 7.15. The summed E-state index contributed by atoms with van der Waals surface area (Å²) in [7, 11) is 0. The number of benzene rings is 1. The van der Waals surface area contributed by atoms with Crippen molar-refractivity contribution in [2.45, 2.75) is 45.1 Å². The molecule has 2 aliphatic rings. The number of rotatable bonds is 8. The Hall–Kier alpha value is -2.22. The van der Waals surface area contributed by atoms with Crippen LogP contribution in [-0.2, 0) is 17.8 Å². The van der Waals surface area contributed by atoms with Crippen molar-refractivity contribution < 1.29 is 10.0 Å². The third kappa shape index (κ3) is 5.28. The minimum Gasteiger partial charge on any atom is -0.327 e. The first-order chi connectivity index (χ1) is 14.7. The number of hydrogen-bond donors (Lipinski definition) is 2. The normalized spacial score (nSPS) is 18.6. The van der Waals surface area contributed by atoms with Gasteiger partial charge < -0.3 is 14.4 Å². The topological polar surface area (TPSA) is 73.6 Å². The number of aromatic nitrogens is 2. The molecular formula is C23H33N5O2. The van der Waals surface area contributed by atoms with Crippen molar-refractivity contribution >= 4 is 23.0 Å². The van der Waals surface area contributed by atoms with Crippen LogP contribution in [0.5, 0.6) is 0 Å². The second kappa shape index (κ2) is 10.2. The van der Waals surface area contributed by atoms with E-state index in [1.807, 2.05) is 12.1 Å². The molecular weight excluding hydrogens is 378 g/mol.